The summed E-state index contributed by atoms with van der Waals surface area (Å²) in [6, 6.07) is 9.91. The lowest BCUT2D eigenvalue weighted by atomic mass is 10.2. The van der Waals surface area contributed by atoms with Crippen molar-refractivity contribution < 1.29 is 9.47 Å². The number of benzene rings is 1. The molecule has 0 fully saturated rings. The third-order valence-electron chi connectivity index (χ3n) is 2.95. The summed E-state index contributed by atoms with van der Waals surface area (Å²) in [4.78, 5) is 0. The smallest absolute Gasteiger partial charge is 0.204 e. The molecule has 0 aliphatic rings. The summed E-state index contributed by atoms with van der Waals surface area (Å²) in [7, 11) is 1.65. The van der Waals surface area contributed by atoms with Crippen LogP contribution in [-0.4, -0.2) is 11.7 Å². The zero-order valence-corrected chi connectivity index (χ0v) is 9.46. The van der Waals surface area contributed by atoms with Gasteiger partial charge in [-0.3, -0.25) is 0 Å². The van der Waals surface area contributed by atoms with E-state index in [9.17, 15) is 5.21 Å². The highest BCUT2D eigenvalue weighted by atomic mass is 16.5. The highest BCUT2D eigenvalue weighted by molar-refractivity contribution is 6.07. The molecule has 86 valence electrons. The zero-order valence-electron chi connectivity index (χ0n) is 9.46. The second kappa shape index (κ2) is 3.75. The molecule has 0 aliphatic carbocycles. The Bertz CT molecular complexity index is 688. The van der Waals surface area contributed by atoms with Crippen LogP contribution in [0.25, 0.3) is 21.8 Å². The maximum Gasteiger partial charge on any atom is 0.204 e. The molecule has 0 bridgehead atoms. The van der Waals surface area contributed by atoms with Gasteiger partial charge >= 0.3 is 0 Å². The largest absolute Gasteiger partial charge is 0.619 e. The van der Waals surface area contributed by atoms with Crippen LogP contribution >= 0.6 is 0 Å². The van der Waals surface area contributed by atoms with Gasteiger partial charge in [-0.05, 0) is 6.07 Å². The molecule has 0 N–H and O–H groups in total. The predicted molar refractivity (Wildman–Crippen MR) is 65.4 cm³/mol. The van der Waals surface area contributed by atoms with Crippen LogP contribution in [0.15, 0.2) is 42.7 Å². The molecular formula is C13H12N2O2. The van der Waals surface area contributed by atoms with E-state index in [2.05, 4.69) is 6.07 Å². The molecule has 4 heteroatoms. The lowest BCUT2D eigenvalue weighted by Gasteiger charge is -2.04. The number of hydrogen-bond donors (Lipinski definition) is 0. The number of hydrogen-bond acceptors (Lipinski definition) is 2. The highest BCUT2D eigenvalue weighted by Crippen LogP contribution is 2.27. The normalized spacial score (nSPS) is 11.4. The van der Waals surface area contributed by atoms with E-state index in [1.54, 1.807) is 13.3 Å². The van der Waals surface area contributed by atoms with E-state index in [1.165, 1.54) is 6.20 Å². The molecule has 0 atom stereocenters. The predicted octanol–water partition coefficient (Wildman–Crippen LogP) is 2.03. The van der Waals surface area contributed by atoms with Gasteiger partial charge in [0.15, 0.2) is 6.20 Å². The van der Waals surface area contributed by atoms with Gasteiger partial charge in [0.25, 0.3) is 0 Å². The third-order valence-corrected chi connectivity index (χ3v) is 2.95. The Balaban J connectivity index is 2.48. The van der Waals surface area contributed by atoms with Crippen LogP contribution < -0.4 is 4.73 Å². The van der Waals surface area contributed by atoms with Crippen LogP contribution in [0, 0.1) is 5.21 Å². The fourth-order valence-corrected chi connectivity index (χ4v) is 2.24. The quantitative estimate of drug-likeness (QED) is 0.497. The van der Waals surface area contributed by atoms with Gasteiger partial charge in [0.1, 0.15) is 12.2 Å². The van der Waals surface area contributed by atoms with Gasteiger partial charge in [-0.1, -0.05) is 18.2 Å². The summed E-state index contributed by atoms with van der Waals surface area (Å²) in [6.07, 6.45) is 3.10. The summed E-state index contributed by atoms with van der Waals surface area (Å²) < 4.78 is 8.01. The Morgan fingerprint density at radius 3 is 2.76 bits per heavy atom. The molecule has 17 heavy (non-hydrogen) atoms. The molecule has 0 spiro atoms. The van der Waals surface area contributed by atoms with Crippen molar-refractivity contribution in [3.8, 4) is 0 Å². The molecule has 2 heterocycles. The van der Waals surface area contributed by atoms with Crippen LogP contribution in [0.5, 0.6) is 0 Å². The van der Waals surface area contributed by atoms with E-state index in [4.69, 9.17) is 4.74 Å². The van der Waals surface area contributed by atoms with Crippen molar-refractivity contribution in [2.75, 3.05) is 7.11 Å². The number of aromatic nitrogens is 2. The second-order valence-electron chi connectivity index (χ2n) is 3.97. The average Bonchev–Trinajstić information content (AvgIpc) is 2.65. The van der Waals surface area contributed by atoms with Crippen molar-refractivity contribution in [2.24, 2.45) is 0 Å². The molecule has 0 unspecified atom stereocenters. The molecule has 0 aliphatic heterocycles. The topological polar surface area (TPSA) is 41.1 Å². The number of fused-ring (bicyclic) bond motifs is 3. The zero-order chi connectivity index (χ0) is 11.8. The Morgan fingerprint density at radius 2 is 1.94 bits per heavy atom. The van der Waals surface area contributed by atoms with Crippen molar-refractivity contribution in [3.63, 3.8) is 0 Å². The third kappa shape index (κ3) is 1.45. The first-order valence-electron chi connectivity index (χ1n) is 5.40. The van der Waals surface area contributed by atoms with Crippen LogP contribution in [0.1, 0.15) is 0 Å². The van der Waals surface area contributed by atoms with Gasteiger partial charge in [-0.15, -0.1) is 0 Å². The van der Waals surface area contributed by atoms with Crippen molar-refractivity contribution in [1.82, 2.24) is 4.57 Å². The Morgan fingerprint density at radius 1 is 1.18 bits per heavy atom. The van der Waals surface area contributed by atoms with Crippen molar-refractivity contribution in [3.05, 3.63) is 47.9 Å². The van der Waals surface area contributed by atoms with E-state index in [-0.39, 0.29) is 0 Å². The van der Waals surface area contributed by atoms with E-state index >= 15 is 0 Å². The van der Waals surface area contributed by atoms with Gasteiger partial charge in [-0.25, -0.2) is 0 Å². The van der Waals surface area contributed by atoms with E-state index in [0.717, 1.165) is 26.5 Å². The van der Waals surface area contributed by atoms with Crippen molar-refractivity contribution in [1.29, 1.82) is 0 Å². The number of pyridine rings is 1. The molecule has 3 rings (SSSR count). The van der Waals surface area contributed by atoms with Crippen LogP contribution in [0.2, 0.25) is 0 Å². The maximum atomic E-state index is 11.4. The Kier molecular flexibility index (Phi) is 2.23. The van der Waals surface area contributed by atoms with Gasteiger partial charge < -0.3 is 14.5 Å². The van der Waals surface area contributed by atoms with Gasteiger partial charge in [0, 0.05) is 23.9 Å². The number of methoxy groups -OCH3 is 1. The number of ether oxygens (including phenoxy) is 1. The van der Waals surface area contributed by atoms with Crippen LogP contribution in [0.4, 0.5) is 0 Å². The van der Waals surface area contributed by atoms with Crippen LogP contribution in [-0.2, 0) is 11.5 Å². The Labute approximate surface area is 98.2 Å². The second-order valence-corrected chi connectivity index (χ2v) is 3.97. The summed E-state index contributed by atoms with van der Waals surface area (Å²) in [5.41, 5.74) is 1.97. The van der Waals surface area contributed by atoms with Crippen molar-refractivity contribution >= 4 is 21.8 Å². The van der Waals surface area contributed by atoms with E-state index in [1.807, 2.05) is 28.8 Å². The van der Waals surface area contributed by atoms with E-state index in [0.29, 0.717) is 6.73 Å². The molecular weight excluding hydrogens is 216 g/mol. The van der Waals surface area contributed by atoms with Crippen LogP contribution in [0.3, 0.4) is 0 Å². The SMILES string of the molecule is COCn1c2ccccc2c2cc[n+]([O-])cc21. The molecule has 2 aromatic heterocycles. The first kappa shape index (κ1) is 10.1. The Hall–Kier alpha value is -2.07. The highest BCUT2D eigenvalue weighted by Gasteiger charge is 2.11. The summed E-state index contributed by atoms with van der Waals surface area (Å²) in [5.74, 6) is 0. The minimum absolute atomic E-state index is 0.439. The van der Waals surface area contributed by atoms with E-state index < -0.39 is 0 Å². The molecule has 4 nitrogen and oxygen atoms in total. The molecule has 0 saturated carbocycles. The monoisotopic (exact) mass is 228 g/mol. The number of rotatable bonds is 2. The number of nitrogens with zero attached hydrogens (tertiary/aromatic N) is 2. The fraction of sp³-hybridized carbons (Fsp3) is 0.154. The fourth-order valence-electron chi connectivity index (χ4n) is 2.24. The van der Waals surface area contributed by atoms with Gasteiger partial charge in [0.2, 0.25) is 6.20 Å². The molecule has 3 aromatic rings. The summed E-state index contributed by atoms with van der Waals surface area (Å²) >= 11 is 0. The first-order valence-corrected chi connectivity index (χ1v) is 5.40. The number of para-hydroxylation sites is 1. The van der Waals surface area contributed by atoms with Gasteiger partial charge in [0.05, 0.1) is 5.52 Å². The summed E-state index contributed by atoms with van der Waals surface area (Å²) in [5, 5.41) is 13.6. The van der Waals surface area contributed by atoms with Gasteiger partial charge in [-0.2, -0.15) is 4.73 Å². The maximum absolute atomic E-state index is 11.4. The lowest BCUT2D eigenvalue weighted by Crippen LogP contribution is -2.24. The molecule has 1 aromatic carbocycles. The minimum atomic E-state index is 0.439. The van der Waals surface area contributed by atoms with Crippen molar-refractivity contribution in [2.45, 2.75) is 6.73 Å². The molecule has 0 radical (unpaired) electrons. The lowest BCUT2D eigenvalue weighted by molar-refractivity contribution is -0.604. The first-order chi connectivity index (χ1) is 8.31. The average molecular weight is 228 g/mol. The summed E-state index contributed by atoms with van der Waals surface area (Å²) in [6.45, 7) is 0.439. The molecule has 0 amide bonds. The molecule has 0 saturated heterocycles. The minimum Gasteiger partial charge on any atom is -0.619 e. The standard InChI is InChI=1S/C13H12N2O2/c1-17-9-15-12-5-3-2-4-10(12)11-6-7-14(16)8-13(11)15/h2-8H,9H2,1H3.